The molecule has 0 unspecified atom stereocenters. The highest BCUT2D eigenvalue weighted by atomic mass is 32.2. The van der Waals surface area contributed by atoms with Gasteiger partial charge in [0, 0.05) is 18.0 Å². The van der Waals surface area contributed by atoms with Crippen molar-refractivity contribution in [2.45, 2.75) is 44.4 Å². The van der Waals surface area contributed by atoms with Crippen molar-refractivity contribution in [3.8, 4) is 0 Å². The summed E-state index contributed by atoms with van der Waals surface area (Å²) in [7, 11) is -1.48. The van der Waals surface area contributed by atoms with E-state index in [1.54, 1.807) is 6.07 Å². The van der Waals surface area contributed by atoms with E-state index in [4.69, 9.17) is 0 Å². The van der Waals surface area contributed by atoms with Gasteiger partial charge in [0.05, 0.1) is 0 Å². The molecule has 0 radical (unpaired) electrons. The van der Waals surface area contributed by atoms with Crippen molar-refractivity contribution in [1.29, 1.82) is 0 Å². The summed E-state index contributed by atoms with van der Waals surface area (Å²) in [5.41, 5.74) is 1.03. The molecule has 0 spiro atoms. The zero-order chi connectivity index (χ0) is 14.5. The van der Waals surface area contributed by atoms with E-state index >= 15 is 0 Å². The molecule has 0 bridgehead atoms. The summed E-state index contributed by atoms with van der Waals surface area (Å²) in [6.07, 6.45) is 1.92. The van der Waals surface area contributed by atoms with Gasteiger partial charge in [-0.25, -0.2) is 13.1 Å². The van der Waals surface area contributed by atoms with Crippen LogP contribution in [0.5, 0.6) is 0 Å². The number of nitrogens with one attached hydrogen (secondary N) is 2. The molecule has 1 heterocycles. The van der Waals surface area contributed by atoms with Gasteiger partial charge in [0.1, 0.15) is 4.21 Å². The second-order valence-corrected chi connectivity index (χ2v) is 8.27. The number of aryl methyl sites for hydroxylation is 1. The Labute approximate surface area is 120 Å². The number of hydrogen-bond donors (Lipinski definition) is 2. The van der Waals surface area contributed by atoms with Crippen LogP contribution in [0.4, 0.5) is 0 Å². The standard InChI is InChI=1S/C13H24N2O2S2/c1-10(2)6-5-7-15-19(16,17)13-8-11(3)12(18-13)9-14-4/h8,10,14-15H,5-7,9H2,1-4H3. The van der Waals surface area contributed by atoms with Gasteiger partial charge >= 0.3 is 0 Å². The minimum atomic E-state index is -3.34. The van der Waals surface area contributed by atoms with Crippen molar-refractivity contribution in [2.24, 2.45) is 5.92 Å². The third-order valence-corrected chi connectivity index (χ3v) is 6.02. The Morgan fingerprint density at radius 2 is 2.05 bits per heavy atom. The first-order valence-corrected chi connectivity index (χ1v) is 8.90. The SMILES string of the molecule is CNCc1sc(S(=O)(=O)NCCCC(C)C)cc1C. The highest BCUT2D eigenvalue weighted by Gasteiger charge is 2.18. The van der Waals surface area contributed by atoms with Crippen molar-refractivity contribution in [2.75, 3.05) is 13.6 Å². The van der Waals surface area contributed by atoms with Crippen LogP contribution in [0.3, 0.4) is 0 Å². The molecule has 4 nitrogen and oxygen atoms in total. The van der Waals surface area contributed by atoms with Gasteiger partial charge in [-0.1, -0.05) is 13.8 Å². The van der Waals surface area contributed by atoms with Crippen LogP contribution in [0.15, 0.2) is 10.3 Å². The lowest BCUT2D eigenvalue weighted by Gasteiger charge is -2.06. The maximum Gasteiger partial charge on any atom is 0.250 e. The predicted octanol–water partition coefficient (Wildman–Crippen LogP) is 2.49. The number of sulfonamides is 1. The Morgan fingerprint density at radius 3 is 2.63 bits per heavy atom. The minimum Gasteiger partial charge on any atom is -0.315 e. The van der Waals surface area contributed by atoms with Gasteiger partial charge in [0.25, 0.3) is 0 Å². The zero-order valence-electron chi connectivity index (χ0n) is 12.1. The molecule has 0 aliphatic rings. The van der Waals surface area contributed by atoms with Crippen molar-refractivity contribution >= 4 is 21.4 Å². The molecule has 1 aromatic rings. The highest BCUT2D eigenvalue weighted by Crippen LogP contribution is 2.25. The van der Waals surface area contributed by atoms with Gasteiger partial charge in [-0.3, -0.25) is 0 Å². The number of thiophene rings is 1. The lowest BCUT2D eigenvalue weighted by molar-refractivity contribution is 0.540. The van der Waals surface area contributed by atoms with E-state index in [2.05, 4.69) is 23.9 Å². The van der Waals surface area contributed by atoms with E-state index in [1.165, 1.54) is 11.3 Å². The fraction of sp³-hybridized carbons (Fsp3) is 0.692. The molecule has 0 saturated heterocycles. The maximum atomic E-state index is 12.1. The van der Waals surface area contributed by atoms with Crippen LogP contribution < -0.4 is 10.0 Å². The summed E-state index contributed by atoms with van der Waals surface area (Å²) >= 11 is 1.34. The average Bonchev–Trinajstić information content (AvgIpc) is 2.68. The van der Waals surface area contributed by atoms with Crippen molar-refractivity contribution < 1.29 is 8.42 Å². The molecule has 0 aliphatic heterocycles. The molecule has 0 aromatic carbocycles. The molecule has 6 heteroatoms. The Hall–Kier alpha value is -0.430. The summed E-state index contributed by atoms with van der Waals surface area (Å²) in [4.78, 5) is 1.07. The molecule has 1 aromatic heterocycles. The zero-order valence-corrected chi connectivity index (χ0v) is 13.7. The van der Waals surface area contributed by atoms with Gasteiger partial charge in [-0.15, -0.1) is 11.3 Å². The van der Waals surface area contributed by atoms with Gasteiger partial charge in [-0.2, -0.15) is 0 Å². The molecule has 0 fully saturated rings. The van der Waals surface area contributed by atoms with Gasteiger partial charge in [0.15, 0.2) is 0 Å². The molecule has 110 valence electrons. The first-order valence-electron chi connectivity index (χ1n) is 6.60. The van der Waals surface area contributed by atoms with E-state index in [0.29, 0.717) is 23.2 Å². The Kier molecular flexibility index (Phi) is 6.46. The highest BCUT2D eigenvalue weighted by molar-refractivity contribution is 7.91. The maximum absolute atomic E-state index is 12.1. The Bertz CT molecular complexity index is 493. The third-order valence-electron chi connectivity index (χ3n) is 2.85. The van der Waals surface area contributed by atoms with Crippen LogP contribution >= 0.6 is 11.3 Å². The van der Waals surface area contributed by atoms with Gasteiger partial charge < -0.3 is 5.32 Å². The smallest absolute Gasteiger partial charge is 0.250 e. The van der Waals surface area contributed by atoms with E-state index < -0.39 is 10.0 Å². The quantitative estimate of drug-likeness (QED) is 0.726. The fourth-order valence-electron chi connectivity index (χ4n) is 1.75. The summed E-state index contributed by atoms with van der Waals surface area (Å²) in [6, 6.07) is 1.75. The Balaban J connectivity index is 2.64. The van der Waals surface area contributed by atoms with E-state index in [1.807, 2.05) is 14.0 Å². The largest absolute Gasteiger partial charge is 0.315 e. The molecule has 2 N–H and O–H groups in total. The monoisotopic (exact) mass is 304 g/mol. The van der Waals surface area contributed by atoms with E-state index in [0.717, 1.165) is 23.3 Å². The molecule has 0 aliphatic carbocycles. The lowest BCUT2D eigenvalue weighted by Crippen LogP contribution is -2.24. The molecular formula is C13H24N2O2S2. The molecule has 1 rings (SSSR count). The van der Waals surface area contributed by atoms with Crippen LogP contribution in [0.1, 0.15) is 37.1 Å². The average molecular weight is 304 g/mol. The van der Waals surface area contributed by atoms with Gasteiger partial charge in [-0.05, 0) is 44.4 Å². The first-order chi connectivity index (χ1) is 8.86. The first kappa shape index (κ1) is 16.6. The van der Waals surface area contributed by atoms with Crippen molar-refractivity contribution in [3.05, 3.63) is 16.5 Å². The molecule has 0 atom stereocenters. The summed E-state index contributed by atoms with van der Waals surface area (Å²) in [5.74, 6) is 0.607. The fourth-order valence-corrected chi connectivity index (χ4v) is 4.46. The molecule has 0 saturated carbocycles. The van der Waals surface area contributed by atoms with Crippen LogP contribution in [0.25, 0.3) is 0 Å². The number of rotatable bonds is 8. The van der Waals surface area contributed by atoms with Crippen LogP contribution in [-0.4, -0.2) is 22.0 Å². The lowest BCUT2D eigenvalue weighted by atomic mass is 10.1. The Morgan fingerprint density at radius 1 is 1.37 bits per heavy atom. The second-order valence-electron chi connectivity index (χ2n) is 5.14. The molecule has 0 amide bonds. The van der Waals surface area contributed by atoms with Crippen molar-refractivity contribution in [1.82, 2.24) is 10.0 Å². The second kappa shape index (κ2) is 7.38. The van der Waals surface area contributed by atoms with E-state index in [-0.39, 0.29) is 0 Å². The topological polar surface area (TPSA) is 58.2 Å². The predicted molar refractivity (Wildman–Crippen MR) is 81.1 cm³/mol. The van der Waals surface area contributed by atoms with Crippen molar-refractivity contribution in [3.63, 3.8) is 0 Å². The van der Waals surface area contributed by atoms with Crippen LogP contribution in [-0.2, 0) is 16.6 Å². The minimum absolute atomic E-state index is 0.416. The summed E-state index contributed by atoms with van der Waals surface area (Å²) in [5, 5.41) is 3.05. The third kappa shape index (κ3) is 5.22. The molecule has 19 heavy (non-hydrogen) atoms. The van der Waals surface area contributed by atoms with Crippen LogP contribution in [0.2, 0.25) is 0 Å². The number of hydrogen-bond acceptors (Lipinski definition) is 4. The van der Waals surface area contributed by atoms with Crippen LogP contribution in [0, 0.1) is 12.8 Å². The van der Waals surface area contributed by atoms with Gasteiger partial charge in [0.2, 0.25) is 10.0 Å². The molecular weight excluding hydrogens is 280 g/mol. The summed E-state index contributed by atoms with van der Waals surface area (Å²) < 4.78 is 27.3. The van der Waals surface area contributed by atoms with E-state index in [9.17, 15) is 8.42 Å². The summed E-state index contributed by atoms with van der Waals surface area (Å²) in [6.45, 7) is 7.45. The normalized spacial score (nSPS) is 12.3.